The molecule has 1 N–H and O–H groups in total. The molecule has 116 valence electrons. The molecule has 3 fully saturated rings. The first-order chi connectivity index (χ1) is 10.1. The molecule has 0 bridgehead atoms. The predicted octanol–water partition coefficient (Wildman–Crippen LogP) is 3.36. The molecule has 4 rings (SSSR count). The molecule has 3 saturated carbocycles. The van der Waals surface area contributed by atoms with Gasteiger partial charge in [0.05, 0.1) is 0 Å². The Bertz CT molecular complexity index is 530. The molecule has 2 unspecified atom stereocenters. The second-order valence-electron chi connectivity index (χ2n) is 7.67. The van der Waals surface area contributed by atoms with Crippen molar-refractivity contribution in [1.29, 1.82) is 0 Å². The third kappa shape index (κ3) is 2.52. The van der Waals surface area contributed by atoms with Gasteiger partial charge in [0.25, 0.3) is 0 Å². The Hall–Kier alpha value is -0.550. The van der Waals surface area contributed by atoms with Crippen LogP contribution in [-0.2, 0) is 0 Å². The molecule has 21 heavy (non-hydrogen) atoms. The van der Waals surface area contributed by atoms with Crippen LogP contribution in [0, 0.1) is 5.41 Å². The zero-order valence-corrected chi connectivity index (χ0v) is 14.1. The van der Waals surface area contributed by atoms with E-state index in [1.54, 1.807) is 0 Å². The Labute approximate surface area is 131 Å². The normalized spacial score (nSPS) is 31.8. The first kappa shape index (κ1) is 14.1. The summed E-state index contributed by atoms with van der Waals surface area (Å²) in [7, 11) is 2.10. The van der Waals surface area contributed by atoms with E-state index in [1.165, 1.54) is 49.5 Å². The van der Waals surface area contributed by atoms with Crippen LogP contribution in [0.4, 0.5) is 0 Å². The van der Waals surface area contributed by atoms with Crippen molar-refractivity contribution in [3.63, 3.8) is 0 Å². The Morgan fingerprint density at radius 2 is 1.90 bits per heavy atom. The fraction of sp³-hybridized carbons (Fsp3) is 0.875. The van der Waals surface area contributed by atoms with Gasteiger partial charge in [-0.25, -0.2) is 0 Å². The molecule has 4 nitrogen and oxygen atoms in total. The van der Waals surface area contributed by atoms with Crippen molar-refractivity contribution in [2.24, 2.45) is 5.41 Å². The van der Waals surface area contributed by atoms with Crippen molar-refractivity contribution in [3.05, 3.63) is 5.82 Å². The van der Waals surface area contributed by atoms with Gasteiger partial charge in [-0.2, -0.15) is 0 Å². The van der Waals surface area contributed by atoms with Gasteiger partial charge in [-0.3, -0.25) is 0 Å². The second kappa shape index (κ2) is 4.98. The summed E-state index contributed by atoms with van der Waals surface area (Å²) >= 11 is 1.97. The van der Waals surface area contributed by atoms with Gasteiger partial charge < -0.3 is 9.88 Å². The van der Waals surface area contributed by atoms with Gasteiger partial charge in [-0.1, -0.05) is 25.6 Å². The highest BCUT2D eigenvalue weighted by Crippen LogP contribution is 2.49. The number of nitrogens with zero attached hydrogens (tertiary/aromatic N) is 3. The van der Waals surface area contributed by atoms with E-state index in [4.69, 9.17) is 0 Å². The molecule has 5 heteroatoms. The van der Waals surface area contributed by atoms with Gasteiger partial charge in [-0.05, 0) is 51.0 Å². The lowest BCUT2D eigenvalue weighted by molar-refractivity contribution is 0.300. The van der Waals surface area contributed by atoms with E-state index >= 15 is 0 Å². The molecule has 1 heterocycles. The summed E-state index contributed by atoms with van der Waals surface area (Å²) in [6, 6.07) is 1.26. The molecular formula is C16H26N4S. The monoisotopic (exact) mass is 306 g/mol. The molecule has 1 aromatic rings. The van der Waals surface area contributed by atoms with Crippen molar-refractivity contribution in [2.45, 2.75) is 80.8 Å². The average molecular weight is 306 g/mol. The van der Waals surface area contributed by atoms with Crippen LogP contribution in [0.1, 0.15) is 70.2 Å². The fourth-order valence-electron chi connectivity index (χ4n) is 3.84. The van der Waals surface area contributed by atoms with E-state index in [2.05, 4.69) is 41.0 Å². The number of thioether (sulfide) groups is 1. The van der Waals surface area contributed by atoms with Gasteiger partial charge >= 0.3 is 0 Å². The molecule has 0 amide bonds. The predicted molar refractivity (Wildman–Crippen MR) is 85.8 cm³/mol. The number of nitrogens with one attached hydrogen (secondary N) is 1. The van der Waals surface area contributed by atoms with E-state index in [1.807, 2.05) is 11.8 Å². The van der Waals surface area contributed by atoms with Crippen molar-refractivity contribution in [2.75, 3.05) is 7.05 Å². The summed E-state index contributed by atoms with van der Waals surface area (Å²) in [5.74, 6) is 1.98. The SMILES string of the molecule is CNC1C(Sc2nnc(C3CC3)n2C2CC2)CCC1(C)C. The van der Waals surface area contributed by atoms with Gasteiger partial charge in [0.15, 0.2) is 5.16 Å². The van der Waals surface area contributed by atoms with Crippen molar-refractivity contribution < 1.29 is 0 Å². The minimum atomic E-state index is 0.385. The van der Waals surface area contributed by atoms with E-state index in [0.717, 1.165) is 0 Å². The van der Waals surface area contributed by atoms with Crippen molar-refractivity contribution in [3.8, 4) is 0 Å². The summed E-state index contributed by atoms with van der Waals surface area (Å²) < 4.78 is 2.49. The quantitative estimate of drug-likeness (QED) is 0.906. The molecule has 0 aliphatic heterocycles. The third-order valence-corrected chi connectivity index (χ3v) is 6.70. The highest BCUT2D eigenvalue weighted by Gasteiger charge is 2.43. The largest absolute Gasteiger partial charge is 0.315 e. The molecule has 1 aromatic heterocycles. The van der Waals surface area contributed by atoms with E-state index < -0.39 is 0 Å². The minimum Gasteiger partial charge on any atom is -0.315 e. The molecule has 0 saturated heterocycles. The van der Waals surface area contributed by atoms with Crippen LogP contribution in [0.5, 0.6) is 0 Å². The van der Waals surface area contributed by atoms with E-state index in [9.17, 15) is 0 Å². The maximum Gasteiger partial charge on any atom is 0.191 e. The summed E-state index contributed by atoms with van der Waals surface area (Å²) in [6.07, 6.45) is 7.83. The lowest BCUT2D eigenvalue weighted by Gasteiger charge is -2.29. The molecule has 0 spiro atoms. The van der Waals surface area contributed by atoms with Gasteiger partial charge in [0, 0.05) is 23.3 Å². The Balaban J connectivity index is 1.57. The van der Waals surface area contributed by atoms with Crippen LogP contribution >= 0.6 is 11.8 Å². The maximum absolute atomic E-state index is 4.57. The molecular weight excluding hydrogens is 280 g/mol. The molecule has 2 atom stereocenters. The van der Waals surface area contributed by atoms with Gasteiger partial charge in [-0.15, -0.1) is 10.2 Å². The van der Waals surface area contributed by atoms with Gasteiger partial charge in [0.1, 0.15) is 5.82 Å². The fourth-order valence-corrected chi connectivity index (χ4v) is 5.43. The Morgan fingerprint density at radius 1 is 1.14 bits per heavy atom. The molecule has 3 aliphatic rings. The number of rotatable bonds is 5. The molecule has 0 radical (unpaired) electrons. The first-order valence-electron chi connectivity index (χ1n) is 8.39. The Morgan fingerprint density at radius 3 is 2.52 bits per heavy atom. The van der Waals surface area contributed by atoms with E-state index in [0.29, 0.717) is 28.7 Å². The maximum atomic E-state index is 4.57. The average Bonchev–Trinajstić information content (AvgIpc) is 3.36. The first-order valence-corrected chi connectivity index (χ1v) is 9.27. The summed E-state index contributed by atoms with van der Waals surface area (Å²) in [4.78, 5) is 0. The van der Waals surface area contributed by atoms with Crippen LogP contribution < -0.4 is 5.32 Å². The molecule has 0 aromatic carbocycles. The topological polar surface area (TPSA) is 42.7 Å². The highest BCUT2D eigenvalue weighted by molar-refractivity contribution is 7.99. The zero-order chi connectivity index (χ0) is 14.6. The minimum absolute atomic E-state index is 0.385. The number of hydrogen-bond donors (Lipinski definition) is 1. The van der Waals surface area contributed by atoms with Crippen molar-refractivity contribution in [1.82, 2.24) is 20.1 Å². The number of aromatic nitrogens is 3. The van der Waals surface area contributed by atoms with Gasteiger partial charge in [0.2, 0.25) is 0 Å². The zero-order valence-electron chi connectivity index (χ0n) is 13.3. The summed E-state index contributed by atoms with van der Waals surface area (Å²) in [5, 5.41) is 14.5. The summed E-state index contributed by atoms with van der Waals surface area (Å²) in [6.45, 7) is 4.77. The van der Waals surface area contributed by atoms with Crippen LogP contribution in [0.3, 0.4) is 0 Å². The van der Waals surface area contributed by atoms with Crippen LogP contribution in [-0.4, -0.2) is 33.1 Å². The highest BCUT2D eigenvalue weighted by atomic mass is 32.2. The lowest BCUT2D eigenvalue weighted by atomic mass is 9.87. The third-order valence-electron chi connectivity index (χ3n) is 5.40. The van der Waals surface area contributed by atoms with E-state index in [-0.39, 0.29) is 0 Å². The summed E-state index contributed by atoms with van der Waals surface area (Å²) in [5.41, 5.74) is 0.385. The Kier molecular flexibility index (Phi) is 3.34. The standard InChI is InChI=1S/C16H26N4S/c1-16(2)9-8-12(13(16)17-3)21-15-19-18-14(10-4-5-10)20(15)11-6-7-11/h10-13,17H,4-9H2,1-3H3. The smallest absolute Gasteiger partial charge is 0.191 e. The van der Waals surface area contributed by atoms with Crippen LogP contribution in [0.2, 0.25) is 0 Å². The van der Waals surface area contributed by atoms with Crippen LogP contribution in [0.25, 0.3) is 0 Å². The van der Waals surface area contributed by atoms with Crippen LogP contribution in [0.15, 0.2) is 5.16 Å². The second-order valence-corrected chi connectivity index (χ2v) is 8.87. The van der Waals surface area contributed by atoms with Crippen molar-refractivity contribution >= 4 is 11.8 Å². The number of hydrogen-bond acceptors (Lipinski definition) is 4. The molecule has 3 aliphatic carbocycles. The lowest BCUT2D eigenvalue weighted by Crippen LogP contribution is -2.41.